The molecule has 0 saturated heterocycles. The Kier molecular flexibility index (Phi) is 4.97. The lowest BCUT2D eigenvalue weighted by Gasteiger charge is -2.24. The van der Waals surface area contributed by atoms with E-state index >= 15 is 0 Å². The molecule has 0 radical (unpaired) electrons. The fourth-order valence-electron chi connectivity index (χ4n) is 2.22. The van der Waals surface area contributed by atoms with Crippen molar-refractivity contribution in [3.8, 4) is 5.75 Å². The Labute approximate surface area is 104 Å². The Morgan fingerprint density at radius 3 is 2.35 bits per heavy atom. The highest BCUT2D eigenvalue weighted by Gasteiger charge is 2.19. The van der Waals surface area contributed by atoms with E-state index in [1.807, 2.05) is 6.07 Å². The van der Waals surface area contributed by atoms with Gasteiger partial charge >= 0.3 is 0 Å². The van der Waals surface area contributed by atoms with Crippen molar-refractivity contribution in [3.63, 3.8) is 0 Å². The van der Waals surface area contributed by atoms with E-state index in [9.17, 15) is 0 Å². The molecule has 4 N–H and O–H groups in total. The monoisotopic (exact) mass is 236 g/mol. The van der Waals surface area contributed by atoms with Crippen molar-refractivity contribution in [2.75, 3.05) is 13.7 Å². The first-order chi connectivity index (χ1) is 8.06. The van der Waals surface area contributed by atoms with Crippen LogP contribution in [0.25, 0.3) is 0 Å². The van der Waals surface area contributed by atoms with E-state index < -0.39 is 0 Å². The summed E-state index contributed by atoms with van der Waals surface area (Å²) < 4.78 is 5.31. The maximum absolute atomic E-state index is 6.30. The molecule has 3 heteroatoms. The molecule has 0 aliphatic carbocycles. The van der Waals surface area contributed by atoms with Gasteiger partial charge in [-0.3, -0.25) is 0 Å². The molecule has 3 nitrogen and oxygen atoms in total. The van der Waals surface area contributed by atoms with Crippen LogP contribution in [0.4, 0.5) is 0 Å². The molecule has 1 aromatic carbocycles. The molecule has 0 aromatic heterocycles. The smallest absolute Gasteiger partial charge is 0.122 e. The first kappa shape index (κ1) is 14.0. The summed E-state index contributed by atoms with van der Waals surface area (Å²) >= 11 is 0. The minimum Gasteiger partial charge on any atom is -0.496 e. The molecule has 0 aliphatic rings. The van der Waals surface area contributed by atoms with Crippen molar-refractivity contribution in [3.05, 3.63) is 28.8 Å². The van der Waals surface area contributed by atoms with E-state index in [-0.39, 0.29) is 6.04 Å². The topological polar surface area (TPSA) is 61.3 Å². The van der Waals surface area contributed by atoms with Crippen LogP contribution in [0.2, 0.25) is 0 Å². The van der Waals surface area contributed by atoms with Gasteiger partial charge in [-0.1, -0.05) is 19.4 Å². The Morgan fingerprint density at radius 2 is 1.88 bits per heavy atom. The molecule has 17 heavy (non-hydrogen) atoms. The van der Waals surface area contributed by atoms with Gasteiger partial charge in [0.15, 0.2) is 0 Å². The molecule has 0 bridgehead atoms. The van der Waals surface area contributed by atoms with Crippen LogP contribution in [-0.2, 0) is 0 Å². The number of hydrogen-bond donors (Lipinski definition) is 2. The first-order valence-electron chi connectivity index (χ1n) is 6.16. The summed E-state index contributed by atoms with van der Waals surface area (Å²) in [6.45, 7) is 6.91. The van der Waals surface area contributed by atoms with Gasteiger partial charge in [-0.2, -0.15) is 0 Å². The summed E-state index contributed by atoms with van der Waals surface area (Å²) in [5.74, 6) is 1.25. The highest BCUT2D eigenvalue weighted by atomic mass is 16.5. The molecule has 0 aliphatic heterocycles. The van der Waals surface area contributed by atoms with E-state index in [2.05, 4.69) is 26.8 Å². The number of benzene rings is 1. The predicted octanol–water partition coefficient (Wildman–Crippen LogP) is 2.30. The maximum atomic E-state index is 6.30. The molecule has 0 spiro atoms. The first-order valence-corrected chi connectivity index (χ1v) is 6.16. The summed E-state index contributed by atoms with van der Waals surface area (Å²) in [4.78, 5) is 0. The molecule has 0 fully saturated rings. The second-order valence-corrected chi connectivity index (χ2v) is 4.54. The number of hydrogen-bond acceptors (Lipinski definition) is 3. The Hall–Kier alpha value is -1.06. The summed E-state index contributed by atoms with van der Waals surface area (Å²) in [6, 6.07) is 4.06. The normalized spacial score (nSPS) is 14.5. The van der Waals surface area contributed by atoms with Gasteiger partial charge in [0.1, 0.15) is 5.75 Å². The maximum Gasteiger partial charge on any atom is 0.122 e. The van der Waals surface area contributed by atoms with Crippen LogP contribution >= 0.6 is 0 Å². The van der Waals surface area contributed by atoms with Crippen LogP contribution in [0, 0.1) is 19.8 Å². The number of ether oxygens (including phenoxy) is 1. The van der Waals surface area contributed by atoms with Crippen molar-refractivity contribution >= 4 is 0 Å². The molecular weight excluding hydrogens is 212 g/mol. The van der Waals surface area contributed by atoms with Crippen LogP contribution in [-0.4, -0.2) is 13.7 Å². The molecule has 2 unspecified atom stereocenters. The zero-order valence-corrected chi connectivity index (χ0v) is 11.3. The van der Waals surface area contributed by atoms with Crippen LogP contribution in [0.15, 0.2) is 12.1 Å². The second kappa shape index (κ2) is 6.03. The molecule has 96 valence electrons. The van der Waals surface area contributed by atoms with Crippen LogP contribution < -0.4 is 16.2 Å². The number of methoxy groups -OCH3 is 1. The number of nitrogens with two attached hydrogens (primary N) is 2. The number of rotatable bonds is 5. The molecule has 0 heterocycles. The minimum atomic E-state index is 0.00889. The third kappa shape index (κ3) is 2.79. The third-order valence-corrected chi connectivity index (χ3v) is 3.69. The van der Waals surface area contributed by atoms with E-state index in [0.29, 0.717) is 12.5 Å². The van der Waals surface area contributed by atoms with Gasteiger partial charge in [0.05, 0.1) is 7.11 Å². The minimum absolute atomic E-state index is 0.00889. The van der Waals surface area contributed by atoms with Crippen molar-refractivity contribution in [2.24, 2.45) is 17.4 Å². The lowest BCUT2D eigenvalue weighted by molar-refractivity contribution is 0.407. The molecule has 0 saturated carbocycles. The summed E-state index contributed by atoms with van der Waals surface area (Å²) in [5, 5.41) is 0. The molecule has 1 aromatic rings. The highest BCUT2D eigenvalue weighted by Crippen LogP contribution is 2.30. The van der Waals surface area contributed by atoms with Crippen LogP contribution in [0.1, 0.15) is 36.1 Å². The van der Waals surface area contributed by atoms with E-state index in [0.717, 1.165) is 17.7 Å². The summed E-state index contributed by atoms with van der Waals surface area (Å²) in [6.07, 6.45) is 1.00. The average Bonchev–Trinajstić information content (AvgIpc) is 2.34. The molecule has 2 atom stereocenters. The molecule has 1 rings (SSSR count). The van der Waals surface area contributed by atoms with Crippen molar-refractivity contribution in [2.45, 2.75) is 33.2 Å². The van der Waals surface area contributed by atoms with Gasteiger partial charge in [0.2, 0.25) is 0 Å². The van der Waals surface area contributed by atoms with E-state index in [1.54, 1.807) is 7.11 Å². The fourth-order valence-corrected chi connectivity index (χ4v) is 2.22. The third-order valence-electron chi connectivity index (χ3n) is 3.69. The SMILES string of the molecule is CCC(CN)C(N)c1ccc(OC)c(C)c1C. The largest absolute Gasteiger partial charge is 0.496 e. The predicted molar refractivity (Wildman–Crippen MR) is 72.2 cm³/mol. The van der Waals surface area contributed by atoms with Gasteiger partial charge in [-0.05, 0) is 49.1 Å². The fraction of sp³-hybridized carbons (Fsp3) is 0.571. The zero-order chi connectivity index (χ0) is 13.0. The van der Waals surface area contributed by atoms with Crippen LogP contribution in [0.3, 0.4) is 0 Å². The van der Waals surface area contributed by atoms with Gasteiger partial charge in [-0.15, -0.1) is 0 Å². The summed E-state index contributed by atoms with van der Waals surface area (Å²) in [7, 11) is 1.69. The molecular formula is C14H24N2O. The quantitative estimate of drug-likeness (QED) is 0.824. The average molecular weight is 236 g/mol. The lowest BCUT2D eigenvalue weighted by Crippen LogP contribution is -2.28. The lowest BCUT2D eigenvalue weighted by atomic mass is 9.87. The standard InChI is InChI=1S/C14H24N2O/c1-5-11(8-15)14(16)12-6-7-13(17-4)10(3)9(12)2/h6-7,11,14H,5,8,15-16H2,1-4H3. The zero-order valence-electron chi connectivity index (χ0n) is 11.3. The van der Waals surface area contributed by atoms with Gasteiger partial charge < -0.3 is 16.2 Å². The van der Waals surface area contributed by atoms with Crippen LogP contribution in [0.5, 0.6) is 5.75 Å². The summed E-state index contributed by atoms with van der Waals surface area (Å²) in [5.41, 5.74) is 15.6. The van der Waals surface area contributed by atoms with E-state index in [1.165, 1.54) is 11.1 Å². The van der Waals surface area contributed by atoms with E-state index in [4.69, 9.17) is 16.2 Å². The Morgan fingerprint density at radius 1 is 1.24 bits per heavy atom. The van der Waals surface area contributed by atoms with Gasteiger partial charge in [-0.25, -0.2) is 0 Å². The highest BCUT2D eigenvalue weighted by molar-refractivity contribution is 5.44. The van der Waals surface area contributed by atoms with Crippen molar-refractivity contribution < 1.29 is 4.74 Å². The van der Waals surface area contributed by atoms with Crippen molar-refractivity contribution in [1.29, 1.82) is 0 Å². The Balaban J connectivity index is 3.10. The molecule has 0 amide bonds. The Bertz CT molecular complexity index is 373. The van der Waals surface area contributed by atoms with Gasteiger partial charge in [0.25, 0.3) is 0 Å². The van der Waals surface area contributed by atoms with Crippen molar-refractivity contribution in [1.82, 2.24) is 0 Å². The second-order valence-electron chi connectivity index (χ2n) is 4.54. The van der Waals surface area contributed by atoms with Gasteiger partial charge in [0, 0.05) is 6.04 Å².